The lowest BCUT2D eigenvalue weighted by Crippen LogP contribution is -2.43. The van der Waals surface area contributed by atoms with Crippen molar-refractivity contribution in [2.24, 2.45) is 0 Å². The third-order valence-corrected chi connectivity index (χ3v) is 3.47. The minimum Gasteiger partial charge on any atom is -0.493 e. The average molecular weight is 384 g/mol. The number of carbonyl (C=O) groups excluding carboxylic acids is 1. The van der Waals surface area contributed by atoms with E-state index in [0.717, 1.165) is 0 Å². The Morgan fingerprint density at radius 3 is 2.65 bits per heavy atom. The molecule has 0 aliphatic carbocycles. The molecule has 0 radical (unpaired) electrons. The van der Waals surface area contributed by atoms with E-state index in [1.54, 1.807) is 12.1 Å². The Labute approximate surface area is 155 Å². The number of halogens is 1. The molecule has 0 fully saturated rings. The van der Waals surface area contributed by atoms with Crippen molar-refractivity contribution in [1.82, 2.24) is 25.6 Å². The average Bonchev–Trinajstić information content (AvgIpc) is 2.95. The number of nitrogens with one attached hydrogen (secondary N) is 2. The van der Waals surface area contributed by atoms with Gasteiger partial charge in [0.25, 0.3) is 11.9 Å². The van der Waals surface area contributed by atoms with Gasteiger partial charge in [-0.15, -0.1) is 4.79 Å². The minimum atomic E-state index is -0.338. The molecule has 1 amide bonds. The van der Waals surface area contributed by atoms with E-state index in [4.69, 9.17) is 26.8 Å². The molecule has 0 bridgehead atoms. The summed E-state index contributed by atoms with van der Waals surface area (Å²) >= 11 is 6.29. The Bertz CT molecular complexity index is 773. The number of anilines is 1. The number of hydrogen-bond acceptors (Lipinski definition) is 8. The number of aromatic nitrogens is 4. The molecule has 11 heteroatoms. The Balaban J connectivity index is 2.06. The zero-order valence-electron chi connectivity index (χ0n) is 15.0. The zero-order chi connectivity index (χ0) is 19.3. The highest BCUT2D eigenvalue weighted by molar-refractivity contribution is 6.31. The summed E-state index contributed by atoms with van der Waals surface area (Å²) in [4.78, 5) is 13.1. The molecule has 0 spiro atoms. The molecule has 0 saturated heterocycles. The lowest BCUT2D eigenvalue weighted by atomic mass is 10.1. The lowest BCUT2D eigenvalue weighted by molar-refractivity contribution is -0.124. The Morgan fingerprint density at radius 2 is 2.08 bits per heavy atom. The van der Waals surface area contributed by atoms with Crippen molar-refractivity contribution in [3.05, 3.63) is 22.7 Å². The van der Waals surface area contributed by atoms with Crippen LogP contribution in [0, 0.1) is 0 Å². The fourth-order valence-electron chi connectivity index (χ4n) is 2.05. The van der Waals surface area contributed by atoms with Crippen LogP contribution in [0.25, 0.3) is 0 Å². The second-order valence-electron chi connectivity index (χ2n) is 6.47. The molecule has 1 aromatic carbocycles. The van der Waals surface area contributed by atoms with E-state index < -0.39 is 0 Å². The second kappa shape index (κ2) is 8.09. The molecular formula is C15H22ClN7O3. The van der Waals surface area contributed by atoms with Gasteiger partial charge in [0, 0.05) is 16.6 Å². The van der Waals surface area contributed by atoms with Gasteiger partial charge in [-0.05, 0) is 42.8 Å². The van der Waals surface area contributed by atoms with Gasteiger partial charge in [-0.3, -0.25) is 4.79 Å². The fourth-order valence-corrected chi connectivity index (χ4v) is 2.27. The van der Waals surface area contributed by atoms with E-state index in [2.05, 4.69) is 26.3 Å². The first kappa shape index (κ1) is 19.6. The van der Waals surface area contributed by atoms with E-state index in [1.807, 2.05) is 20.8 Å². The number of nitrogens with two attached hydrogens (primary N) is 1. The molecule has 2 aromatic rings. The summed E-state index contributed by atoms with van der Waals surface area (Å²) in [6.07, 6.45) is 0. The smallest absolute Gasteiger partial charge is 0.260 e. The number of nitrogens with zero attached hydrogens (tertiary/aromatic N) is 4. The maximum atomic E-state index is 11.9. The summed E-state index contributed by atoms with van der Waals surface area (Å²) in [6.45, 7) is 5.82. The molecular weight excluding hydrogens is 362 g/mol. The van der Waals surface area contributed by atoms with Crippen molar-refractivity contribution >= 4 is 23.5 Å². The monoisotopic (exact) mass is 383 g/mol. The highest BCUT2D eigenvalue weighted by Gasteiger charge is 2.16. The summed E-state index contributed by atoms with van der Waals surface area (Å²) in [7, 11) is 1.50. The summed E-state index contributed by atoms with van der Waals surface area (Å²) in [6, 6.07) is 3.29. The van der Waals surface area contributed by atoms with Gasteiger partial charge < -0.3 is 25.9 Å². The van der Waals surface area contributed by atoms with Crippen LogP contribution in [0.1, 0.15) is 26.3 Å². The standard InChI is InChI=1S/C15H22ClN7O3/c1-15(2,3)19-13(24)8-26-12-6-10(16)9(5-11(12)25-4)7-18-23-14(17)20-21-22-23/h5-6,18H,7-8H2,1-4H3,(H,19,24)(H2,17,20,22). The molecule has 142 valence electrons. The van der Waals surface area contributed by atoms with Crippen LogP contribution < -0.4 is 25.9 Å². The van der Waals surface area contributed by atoms with Crippen molar-refractivity contribution in [1.29, 1.82) is 0 Å². The Hall–Kier alpha value is -2.75. The lowest BCUT2D eigenvalue weighted by Gasteiger charge is -2.21. The number of amides is 1. The van der Waals surface area contributed by atoms with Gasteiger partial charge in [0.2, 0.25) is 0 Å². The quantitative estimate of drug-likeness (QED) is 0.644. The van der Waals surface area contributed by atoms with Gasteiger partial charge in [-0.2, -0.15) is 0 Å². The van der Waals surface area contributed by atoms with Gasteiger partial charge in [-0.25, -0.2) is 0 Å². The van der Waals surface area contributed by atoms with Gasteiger partial charge in [0.1, 0.15) is 0 Å². The number of nitrogen functional groups attached to an aromatic ring is 1. The van der Waals surface area contributed by atoms with Crippen molar-refractivity contribution < 1.29 is 14.3 Å². The van der Waals surface area contributed by atoms with Crippen molar-refractivity contribution in [2.45, 2.75) is 32.9 Å². The first-order valence-electron chi connectivity index (χ1n) is 7.77. The highest BCUT2D eigenvalue weighted by atomic mass is 35.5. The summed E-state index contributed by atoms with van der Waals surface area (Å²) < 4.78 is 10.9. The zero-order valence-corrected chi connectivity index (χ0v) is 15.8. The first-order valence-corrected chi connectivity index (χ1v) is 8.15. The Morgan fingerprint density at radius 1 is 1.35 bits per heavy atom. The first-order chi connectivity index (χ1) is 12.2. The van der Waals surface area contributed by atoms with Crippen LogP contribution in [0.5, 0.6) is 11.5 Å². The SMILES string of the molecule is COc1cc(CNn2nnnc2N)c(Cl)cc1OCC(=O)NC(C)(C)C. The van der Waals surface area contributed by atoms with E-state index in [1.165, 1.54) is 11.9 Å². The van der Waals surface area contributed by atoms with Crippen LogP contribution in [0.4, 0.5) is 5.95 Å². The molecule has 2 rings (SSSR count). The van der Waals surface area contributed by atoms with Crippen molar-refractivity contribution in [3.63, 3.8) is 0 Å². The minimum absolute atomic E-state index is 0.123. The number of ether oxygens (including phenoxy) is 2. The molecule has 26 heavy (non-hydrogen) atoms. The maximum absolute atomic E-state index is 11.9. The predicted octanol–water partition coefficient (Wildman–Crippen LogP) is 0.954. The van der Waals surface area contributed by atoms with Crippen LogP contribution >= 0.6 is 11.6 Å². The topological polar surface area (TPSA) is 129 Å². The van der Waals surface area contributed by atoms with E-state index >= 15 is 0 Å². The Kier molecular flexibility index (Phi) is 6.09. The molecule has 0 unspecified atom stereocenters. The van der Waals surface area contributed by atoms with Gasteiger partial charge >= 0.3 is 0 Å². The molecule has 10 nitrogen and oxygen atoms in total. The maximum Gasteiger partial charge on any atom is 0.260 e. The molecule has 0 atom stereocenters. The van der Waals surface area contributed by atoms with E-state index in [0.29, 0.717) is 28.6 Å². The largest absolute Gasteiger partial charge is 0.493 e. The molecule has 1 aromatic heterocycles. The van der Waals surface area contributed by atoms with E-state index in [-0.39, 0.29) is 24.0 Å². The van der Waals surface area contributed by atoms with Crippen LogP contribution in [-0.4, -0.2) is 45.5 Å². The molecule has 0 saturated carbocycles. The van der Waals surface area contributed by atoms with Gasteiger partial charge in [0.05, 0.1) is 13.7 Å². The summed E-state index contributed by atoms with van der Waals surface area (Å²) in [5.41, 5.74) is 8.87. The van der Waals surface area contributed by atoms with Crippen molar-refractivity contribution in [3.8, 4) is 11.5 Å². The van der Waals surface area contributed by atoms with Crippen LogP contribution in [0.15, 0.2) is 12.1 Å². The van der Waals surface area contributed by atoms with Gasteiger partial charge in [-0.1, -0.05) is 16.7 Å². The molecule has 0 aliphatic heterocycles. The number of rotatable bonds is 7. The normalized spacial score (nSPS) is 11.1. The summed E-state index contributed by atoms with van der Waals surface area (Å²) in [5, 5.41) is 13.9. The van der Waals surface area contributed by atoms with Crippen LogP contribution in [0.3, 0.4) is 0 Å². The number of hydrogen-bond donors (Lipinski definition) is 3. The third-order valence-electron chi connectivity index (χ3n) is 3.12. The van der Waals surface area contributed by atoms with E-state index in [9.17, 15) is 4.79 Å². The number of benzene rings is 1. The number of carbonyl (C=O) groups is 1. The van der Waals surface area contributed by atoms with Crippen molar-refractivity contribution in [2.75, 3.05) is 24.9 Å². The molecule has 1 heterocycles. The fraction of sp³-hybridized carbons (Fsp3) is 0.467. The molecule has 4 N–H and O–H groups in total. The number of tetrazole rings is 1. The highest BCUT2D eigenvalue weighted by Crippen LogP contribution is 2.33. The number of methoxy groups -OCH3 is 1. The molecule has 0 aliphatic rings. The third kappa shape index (κ3) is 5.38. The van der Waals surface area contributed by atoms with Crippen LogP contribution in [-0.2, 0) is 11.3 Å². The second-order valence-corrected chi connectivity index (χ2v) is 6.87. The van der Waals surface area contributed by atoms with Gasteiger partial charge in [0.15, 0.2) is 18.1 Å². The predicted molar refractivity (Wildman–Crippen MR) is 96.7 cm³/mol. The summed E-state index contributed by atoms with van der Waals surface area (Å²) in [5.74, 6) is 0.695. The van der Waals surface area contributed by atoms with Crippen LogP contribution in [0.2, 0.25) is 5.02 Å².